The van der Waals surface area contributed by atoms with Gasteiger partial charge in [0, 0.05) is 17.7 Å². The van der Waals surface area contributed by atoms with Gasteiger partial charge in [-0.1, -0.05) is 22.0 Å². The Kier molecular flexibility index (Phi) is 6.97. The van der Waals surface area contributed by atoms with Gasteiger partial charge < -0.3 is 15.2 Å². The predicted molar refractivity (Wildman–Crippen MR) is 76.5 cm³/mol. The van der Waals surface area contributed by atoms with Crippen molar-refractivity contribution in [2.24, 2.45) is 10.7 Å². The Labute approximate surface area is 120 Å². The monoisotopic (exact) mass is 332 g/mol. The number of benzene rings is 1. The van der Waals surface area contributed by atoms with Gasteiger partial charge in [-0.15, -0.1) is 0 Å². The van der Waals surface area contributed by atoms with Gasteiger partial charge >= 0.3 is 0 Å². The molecule has 0 aromatic heterocycles. The van der Waals surface area contributed by atoms with Crippen LogP contribution in [-0.2, 0) is 16.0 Å². The smallest absolute Gasteiger partial charge is 0.216 e. The fraction of sp³-hybridized carbons (Fsp3) is 0.462. The minimum absolute atomic E-state index is 0.278. The molecule has 1 aromatic rings. The molecule has 0 amide bonds. The van der Waals surface area contributed by atoms with Crippen molar-refractivity contribution in [3.05, 3.63) is 34.1 Å². The van der Waals surface area contributed by atoms with Crippen molar-refractivity contribution >= 4 is 21.8 Å². The van der Waals surface area contributed by atoms with E-state index in [1.54, 1.807) is 6.07 Å². The average Bonchev–Trinajstić information content (AvgIpc) is 2.37. The minimum Gasteiger partial charge on any atom is -0.383 e. The highest BCUT2D eigenvalue weighted by molar-refractivity contribution is 9.10. The van der Waals surface area contributed by atoms with E-state index >= 15 is 0 Å². The zero-order chi connectivity index (χ0) is 14.3. The summed E-state index contributed by atoms with van der Waals surface area (Å²) in [6, 6.07) is 4.44. The lowest BCUT2D eigenvalue weighted by Crippen LogP contribution is -2.34. The number of hydrogen-bond donors (Lipinski definition) is 1. The Morgan fingerprint density at radius 2 is 2.00 bits per heavy atom. The number of nitrogens with zero attached hydrogens (tertiary/aromatic N) is 1. The summed E-state index contributed by atoms with van der Waals surface area (Å²) in [6.07, 6.45) is -0.630. The fourth-order valence-electron chi connectivity index (χ4n) is 1.42. The highest BCUT2D eigenvalue weighted by Gasteiger charge is 2.12. The highest BCUT2D eigenvalue weighted by Crippen LogP contribution is 2.18. The van der Waals surface area contributed by atoms with Crippen molar-refractivity contribution in [1.29, 1.82) is 0 Å². The molecule has 106 valence electrons. The average molecular weight is 333 g/mol. The molecule has 0 aliphatic carbocycles. The van der Waals surface area contributed by atoms with Crippen molar-refractivity contribution < 1.29 is 13.9 Å². The van der Waals surface area contributed by atoms with Crippen LogP contribution in [0.25, 0.3) is 0 Å². The molecule has 1 rings (SSSR count). The molecule has 1 aromatic carbocycles. The molecular formula is C13H18BrFN2O2. The fourth-order valence-corrected chi connectivity index (χ4v) is 1.90. The van der Waals surface area contributed by atoms with E-state index in [9.17, 15) is 4.39 Å². The van der Waals surface area contributed by atoms with Crippen LogP contribution in [0, 0.1) is 5.82 Å². The normalized spacial score (nSPS) is 12.2. The van der Waals surface area contributed by atoms with E-state index < -0.39 is 6.29 Å². The second-order valence-electron chi connectivity index (χ2n) is 3.72. The van der Waals surface area contributed by atoms with Crippen molar-refractivity contribution in [3.63, 3.8) is 0 Å². The number of halogens is 2. The summed E-state index contributed by atoms with van der Waals surface area (Å²) in [4.78, 5) is 4.21. The number of hydrogen-bond acceptors (Lipinski definition) is 3. The van der Waals surface area contributed by atoms with Gasteiger partial charge in [-0.2, -0.15) is 0 Å². The number of aliphatic imine (C=N–C) groups is 1. The zero-order valence-electron chi connectivity index (χ0n) is 11.0. The lowest BCUT2D eigenvalue weighted by molar-refractivity contribution is -0.0907. The lowest BCUT2D eigenvalue weighted by atomic mass is 10.2. The van der Waals surface area contributed by atoms with Gasteiger partial charge in [0.1, 0.15) is 5.82 Å². The second-order valence-corrected chi connectivity index (χ2v) is 4.57. The second kappa shape index (κ2) is 8.24. The van der Waals surface area contributed by atoms with E-state index in [-0.39, 0.29) is 11.7 Å². The molecule has 0 fully saturated rings. The first-order valence-electron chi connectivity index (χ1n) is 6.05. The Bertz CT molecular complexity index is 435. The number of rotatable bonds is 7. The Morgan fingerprint density at radius 1 is 1.37 bits per heavy atom. The van der Waals surface area contributed by atoms with Gasteiger partial charge in [0.15, 0.2) is 5.84 Å². The van der Waals surface area contributed by atoms with Crippen molar-refractivity contribution in [1.82, 2.24) is 0 Å². The zero-order valence-corrected chi connectivity index (χ0v) is 12.6. The van der Waals surface area contributed by atoms with Gasteiger partial charge in [0.2, 0.25) is 6.29 Å². The van der Waals surface area contributed by atoms with E-state index in [0.29, 0.717) is 24.2 Å². The third-order valence-corrected chi connectivity index (χ3v) is 3.06. The van der Waals surface area contributed by atoms with E-state index in [0.717, 1.165) is 5.56 Å². The molecule has 0 bridgehead atoms. The lowest BCUT2D eigenvalue weighted by Gasteiger charge is -2.16. The summed E-state index contributed by atoms with van der Waals surface area (Å²) in [5.74, 6) is -0.0194. The number of nitrogens with two attached hydrogens (primary N) is 1. The number of amidine groups is 1. The van der Waals surface area contributed by atoms with E-state index in [1.165, 1.54) is 12.1 Å². The molecule has 0 radical (unpaired) electrons. The van der Waals surface area contributed by atoms with Gasteiger partial charge in [0.05, 0.1) is 6.54 Å². The van der Waals surface area contributed by atoms with E-state index in [1.807, 2.05) is 13.8 Å². The highest BCUT2D eigenvalue weighted by atomic mass is 79.9. The van der Waals surface area contributed by atoms with Crippen LogP contribution in [0.2, 0.25) is 0 Å². The Morgan fingerprint density at radius 3 is 2.53 bits per heavy atom. The molecule has 0 heterocycles. The van der Waals surface area contributed by atoms with Crippen LogP contribution in [0.4, 0.5) is 4.39 Å². The molecule has 0 saturated heterocycles. The molecule has 0 aliphatic heterocycles. The molecule has 0 unspecified atom stereocenters. The van der Waals surface area contributed by atoms with Crippen LogP contribution in [0.3, 0.4) is 0 Å². The first kappa shape index (κ1) is 16.1. The number of ether oxygens (including phenoxy) is 2. The summed E-state index contributed by atoms with van der Waals surface area (Å²) in [7, 11) is 0. The summed E-state index contributed by atoms with van der Waals surface area (Å²) < 4.78 is 24.3. The summed E-state index contributed by atoms with van der Waals surface area (Å²) in [6.45, 7) is 5.03. The van der Waals surface area contributed by atoms with E-state index in [4.69, 9.17) is 15.2 Å². The molecule has 6 heteroatoms. The molecule has 19 heavy (non-hydrogen) atoms. The van der Waals surface area contributed by atoms with Crippen molar-refractivity contribution in [2.45, 2.75) is 26.7 Å². The molecule has 2 N–H and O–H groups in total. The SMILES string of the molecule is CCOC(OCC)C(N)=NCc1ccc(F)cc1Br. The molecule has 0 aliphatic rings. The maximum atomic E-state index is 12.9. The quantitative estimate of drug-likeness (QED) is 0.474. The topological polar surface area (TPSA) is 56.8 Å². The molecule has 4 nitrogen and oxygen atoms in total. The maximum Gasteiger partial charge on any atom is 0.216 e. The van der Waals surface area contributed by atoms with E-state index in [2.05, 4.69) is 20.9 Å². The van der Waals surface area contributed by atoms with Crippen LogP contribution in [0.5, 0.6) is 0 Å². The van der Waals surface area contributed by atoms with Crippen LogP contribution < -0.4 is 5.73 Å². The van der Waals surface area contributed by atoms with Gasteiger partial charge in [-0.05, 0) is 31.5 Å². The van der Waals surface area contributed by atoms with Crippen molar-refractivity contribution in [3.8, 4) is 0 Å². The summed E-state index contributed by atoms with van der Waals surface area (Å²) in [5, 5.41) is 0. The first-order chi connectivity index (χ1) is 9.08. The standard InChI is InChI=1S/C13H18BrFN2O2/c1-3-18-13(19-4-2)12(16)17-8-9-5-6-10(15)7-11(9)14/h5-7,13H,3-4,8H2,1-2H3,(H2,16,17). The molecule has 0 atom stereocenters. The van der Waals surface area contributed by atoms with Crippen LogP contribution in [0.1, 0.15) is 19.4 Å². The third kappa shape index (κ3) is 5.26. The maximum absolute atomic E-state index is 12.9. The molecular weight excluding hydrogens is 315 g/mol. The molecule has 0 saturated carbocycles. The van der Waals surface area contributed by atoms with Crippen LogP contribution in [0.15, 0.2) is 27.7 Å². The largest absolute Gasteiger partial charge is 0.383 e. The van der Waals surface area contributed by atoms with Crippen molar-refractivity contribution in [2.75, 3.05) is 13.2 Å². The summed E-state index contributed by atoms with van der Waals surface area (Å²) in [5.41, 5.74) is 6.67. The van der Waals surface area contributed by atoms with Gasteiger partial charge in [0.25, 0.3) is 0 Å². The van der Waals surface area contributed by atoms with Crippen LogP contribution >= 0.6 is 15.9 Å². The summed E-state index contributed by atoms with van der Waals surface area (Å²) >= 11 is 3.28. The third-order valence-electron chi connectivity index (χ3n) is 2.32. The Balaban J connectivity index is 2.72. The Hall–Kier alpha value is -0.980. The van der Waals surface area contributed by atoms with Crippen LogP contribution in [-0.4, -0.2) is 25.3 Å². The van der Waals surface area contributed by atoms with Gasteiger partial charge in [-0.3, -0.25) is 4.99 Å². The van der Waals surface area contributed by atoms with Gasteiger partial charge in [-0.25, -0.2) is 4.39 Å². The molecule has 0 spiro atoms. The first-order valence-corrected chi connectivity index (χ1v) is 6.84. The minimum atomic E-state index is -0.630. The predicted octanol–water partition coefficient (Wildman–Crippen LogP) is 2.84.